The van der Waals surface area contributed by atoms with E-state index in [-0.39, 0.29) is 6.29 Å². The van der Waals surface area contributed by atoms with Gasteiger partial charge in [-0.25, -0.2) is 0 Å². The van der Waals surface area contributed by atoms with Gasteiger partial charge in [-0.2, -0.15) is 0 Å². The van der Waals surface area contributed by atoms with E-state index in [1.807, 2.05) is 12.1 Å². The summed E-state index contributed by atoms with van der Waals surface area (Å²) in [6, 6.07) is 3.72. The van der Waals surface area contributed by atoms with Gasteiger partial charge in [0.05, 0.1) is 19.5 Å². The van der Waals surface area contributed by atoms with E-state index in [2.05, 4.69) is 13.8 Å². The standard InChI is InChI=1S/C11H16O3/c1-8(2)9-6-13-11(14-7-9)10-4-3-5-12-10/h3-5,8-9,11H,6-7H2,1-2H3. The van der Waals surface area contributed by atoms with Crippen LogP contribution in [0.15, 0.2) is 22.8 Å². The van der Waals surface area contributed by atoms with Crippen LogP contribution in [-0.2, 0) is 9.47 Å². The van der Waals surface area contributed by atoms with Crippen LogP contribution in [0, 0.1) is 11.8 Å². The first-order valence-electron chi connectivity index (χ1n) is 5.04. The van der Waals surface area contributed by atoms with Crippen molar-refractivity contribution in [3.63, 3.8) is 0 Å². The second-order valence-electron chi connectivity index (χ2n) is 4.02. The third kappa shape index (κ3) is 1.99. The number of rotatable bonds is 2. The van der Waals surface area contributed by atoms with Gasteiger partial charge in [0, 0.05) is 5.92 Å². The Balaban J connectivity index is 1.90. The van der Waals surface area contributed by atoms with Crippen LogP contribution in [0.1, 0.15) is 25.9 Å². The Hall–Kier alpha value is -0.800. The number of hydrogen-bond acceptors (Lipinski definition) is 3. The van der Waals surface area contributed by atoms with E-state index in [4.69, 9.17) is 13.9 Å². The highest BCUT2D eigenvalue weighted by atomic mass is 16.7. The number of ether oxygens (including phenoxy) is 2. The van der Waals surface area contributed by atoms with Crippen molar-refractivity contribution in [2.24, 2.45) is 11.8 Å². The molecule has 1 saturated heterocycles. The maximum Gasteiger partial charge on any atom is 0.217 e. The van der Waals surface area contributed by atoms with Crippen molar-refractivity contribution in [2.75, 3.05) is 13.2 Å². The van der Waals surface area contributed by atoms with E-state index >= 15 is 0 Å². The predicted molar refractivity (Wildman–Crippen MR) is 51.7 cm³/mol. The largest absolute Gasteiger partial charge is 0.464 e. The number of hydrogen-bond donors (Lipinski definition) is 0. The lowest BCUT2D eigenvalue weighted by atomic mass is 9.97. The van der Waals surface area contributed by atoms with Crippen molar-refractivity contribution < 1.29 is 13.9 Å². The molecular formula is C11H16O3. The van der Waals surface area contributed by atoms with E-state index in [9.17, 15) is 0 Å². The summed E-state index contributed by atoms with van der Waals surface area (Å²) in [5.74, 6) is 1.86. The van der Waals surface area contributed by atoms with Crippen molar-refractivity contribution in [3.8, 4) is 0 Å². The summed E-state index contributed by atoms with van der Waals surface area (Å²) < 4.78 is 16.4. The zero-order valence-corrected chi connectivity index (χ0v) is 8.60. The minimum Gasteiger partial charge on any atom is -0.464 e. The molecule has 0 unspecified atom stereocenters. The van der Waals surface area contributed by atoms with Crippen molar-refractivity contribution in [3.05, 3.63) is 24.2 Å². The lowest BCUT2D eigenvalue weighted by Crippen LogP contribution is -2.30. The molecular weight excluding hydrogens is 180 g/mol. The van der Waals surface area contributed by atoms with E-state index in [1.54, 1.807) is 6.26 Å². The van der Waals surface area contributed by atoms with Crippen LogP contribution in [-0.4, -0.2) is 13.2 Å². The highest BCUT2D eigenvalue weighted by molar-refractivity contribution is 5.00. The van der Waals surface area contributed by atoms with Crippen LogP contribution >= 0.6 is 0 Å². The summed E-state index contributed by atoms with van der Waals surface area (Å²) in [5, 5.41) is 0. The first-order valence-corrected chi connectivity index (χ1v) is 5.04. The van der Waals surface area contributed by atoms with Gasteiger partial charge in [0.1, 0.15) is 0 Å². The van der Waals surface area contributed by atoms with Crippen LogP contribution in [0.2, 0.25) is 0 Å². The van der Waals surface area contributed by atoms with Crippen LogP contribution < -0.4 is 0 Å². The molecule has 0 radical (unpaired) electrons. The molecule has 3 heteroatoms. The molecule has 1 fully saturated rings. The molecule has 3 nitrogen and oxygen atoms in total. The van der Waals surface area contributed by atoms with Gasteiger partial charge in [-0.1, -0.05) is 13.8 Å². The molecule has 1 aliphatic heterocycles. The average molecular weight is 196 g/mol. The van der Waals surface area contributed by atoms with Gasteiger partial charge >= 0.3 is 0 Å². The summed E-state index contributed by atoms with van der Waals surface area (Å²) >= 11 is 0. The molecule has 0 amide bonds. The van der Waals surface area contributed by atoms with E-state index in [1.165, 1.54) is 0 Å². The molecule has 78 valence electrons. The summed E-state index contributed by atoms with van der Waals surface area (Å²) in [6.45, 7) is 5.88. The van der Waals surface area contributed by atoms with Gasteiger partial charge in [-0.3, -0.25) is 0 Å². The Bertz CT molecular complexity index is 258. The van der Waals surface area contributed by atoms with Gasteiger partial charge in [0.2, 0.25) is 6.29 Å². The maximum absolute atomic E-state index is 5.58. The molecule has 0 bridgehead atoms. The smallest absolute Gasteiger partial charge is 0.217 e. The molecule has 0 saturated carbocycles. The van der Waals surface area contributed by atoms with Gasteiger partial charge in [0.15, 0.2) is 5.76 Å². The monoisotopic (exact) mass is 196 g/mol. The Labute approximate surface area is 84.0 Å². The zero-order valence-electron chi connectivity index (χ0n) is 8.60. The highest BCUT2D eigenvalue weighted by Gasteiger charge is 2.26. The molecule has 0 N–H and O–H groups in total. The first kappa shape index (κ1) is 9.74. The SMILES string of the molecule is CC(C)C1COC(c2ccco2)OC1. The Morgan fingerprint density at radius 1 is 1.29 bits per heavy atom. The van der Waals surface area contributed by atoms with Crippen LogP contribution in [0.3, 0.4) is 0 Å². The Morgan fingerprint density at radius 3 is 2.50 bits per heavy atom. The Kier molecular flexibility index (Phi) is 2.89. The molecule has 0 spiro atoms. The second kappa shape index (κ2) is 4.15. The van der Waals surface area contributed by atoms with Gasteiger partial charge in [0.25, 0.3) is 0 Å². The van der Waals surface area contributed by atoms with Crippen LogP contribution in [0.25, 0.3) is 0 Å². The second-order valence-corrected chi connectivity index (χ2v) is 4.02. The molecule has 1 aliphatic rings. The fraction of sp³-hybridized carbons (Fsp3) is 0.636. The molecule has 1 aromatic heterocycles. The van der Waals surface area contributed by atoms with Crippen molar-refractivity contribution in [1.82, 2.24) is 0 Å². The van der Waals surface area contributed by atoms with Gasteiger partial charge in [-0.15, -0.1) is 0 Å². The predicted octanol–water partition coefficient (Wildman–Crippen LogP) is 2.60. The average Bonchev–Trinajstić information content (AvgIpc) is 2.71. The van der Waals surface area contributed by atoms with Crippen molar-refractivity contribution in [1.29, 1.82) is 0 Å². The lowest BCUT2D eigenvalue weighted by molar-refractivity contribution is -0.218. The van der Waals surface area contributed by atoms with Gasteiger partial charge in [-0.05, 0) is 18.1 Å². The number of furan rings is 1. The normalized spacial score (nSPS) is 28.2. The third-order valence-corrected chi connectivity index (χ3v) is 2.64. The fourth-order valence-electron chi connectivity index (χ4n) is 1.49. The van der Waals surface area contributed by atoms with Crippen LogP contribution in [0.5, 0.6) is 0 Å². The zero-order chi connectivity index (χ0) is 9.97. The topological polar surface area (TPSA) is 31.6 Å². The van der Waals surface area contributed by atoms with Crippen molar-refractivity contribution >= 4 is 0 Å². The molecule has 2 heterocycles. The molecule has 0 aliphatic carbocycles. The summed E-state index contributed by atoms with van der Waals surface area (Å²) in [5.41, 5.74) is 0. The van der Waals surface area contributed by atoms with E-state index in [0.29, 0.717) is 11.8 Å². The minimum atomic E-state index is -0.306. The summed E-state index contributed by atoms with van der Waals surface area (Å²) in [4.78, 5) is 0. The molecule has 1 aromatic rings. The summed E-state index contributed by atoms with van der Waals surface area (Å²) in [7, 11) is 0. The quantitative estimate of drug-likeness (QED) is 0.728. The maximum atomic E-state index is 5.58. The minimum absolute atomic E-state index is 0.306. The molecule has 14 heavy (non-hydrogen) atoms. The third-order valence-electron chi connectivity index (χ3n) is 2.64. The molecule has 0 atom stereocenters. The first-order chi connectivity index (χ1) is 6.77. The fourth-order valence-corrected chi connectivity index (χ4v) is 1.49. The van der Waals surface area contributed by atoms with E-state index < -0.39 is 0 Å². The van der Waals surface area contributed by atoms with Gasteiger partial charge < -0.3 is 13.9 Å². The van der Waals surface area contributed by atoms with E-state index in [0.717, 1.165) is 19.0 Å². The Morgan fingerprint density at radius 2 is 2.00 bits per heavy atom. The highest BCUT2D eigenvalue weighted by Crippen LogP contribution is 2.27. The molecule has 2 rings (SSSR count). The lowest BCUT2D eigenvalue weighted by Gasteiger charge is -2.30. The summed E-state index contributed by atoms with van der Waals surface area (Å²) in [6.07, 6.45) is 1.33. The molecule has 0 aromatic carbocycles. The van der Waals surface area contributed by atoms with Crippen molar-refractivity contribution in [2.45, 2.75) is 20.1 Å². The van der Waals surface area contributed by atoms with Crippen LogP contribution in [0.4, 0.5) is 0 Å².